The summed E-state index contributed by atoms with van der Waals surface area (Å²) in [5, 5.41) is 8.22. The van der Waals surface area contributed by atoms with Crippen molar-refractivity contribution in [3.05, 3.63) is 69.4 Å². The highest BCUT2D eigenvalue weighted by Gasteiger charge is 2.35. The van der Waals surface area contributed by atoms with Gasteiger partial charge in [0.1, 0.15) is 5.35 Å². The van der Waals surface area contributed by atoms with Gasteiger partial charge in [-0.25, -0.2) is 19.2 Å². The molecule has 2 saturated carbocycles. The van der Waals surface area contributed by atoms with E-state index in [9.17, 15) is 4.79 Å². The van der Waals surface area contributed by atoms with E-state index in [1.54, 1.807) is 31.2 Å². The molecule has 2 heterocycles. The highest BCUT2D eigenvalue weighted by atomic mass is 19.1. The molecule has 4 rings (SSSR count). The first kappa shape index (κ1) is 30.3. The second-order valence-electron chi connectivity index (χ2n) is 11.9. The summed E-state index contributed by atoms with van der Waals surface area (Å²) >= 11 is 0. The normalized spacial score (nSPS) is 23.6. The molecule has 1 unspecified atom stereocenters. The van der Waals surface area contributed by atoms with Gasteiger partial charge in [-0.1, -0.05) is 68.8 Å². The minimum absolute atomic E-state index is 0.0203. The van der Waals surface area contributed by atoms with E-state index < -0.39 is 11.4 Å². The van der Waals surface area contributed by atoms with E-state index in [2.05, 4.69) is 52.0 Å². The lowest BCUT2D eigenvalue weighted by Gasteiger charge is -2.33. The van der Waals surface area contributed by atoms with Gasteiger partial charge in [0.15, 0.2) is 23.1 Å². The third kappa shape index (κ3) is 6.97. The van der Waals surface area contributed by atoms with Crippen molar-refractivity contribution in [1.82, 2.24) is 25.0 Å². The first-order valence-corrected chi connectivity index (χ1v) is 14.6. The Kier molecular flexibility index (Phi) is 9.50. The Balaban J connectivity index is 1.93. The molecular weight excluding hydrogens is 521 g/mol. The Hall–Kier alpha value is -3.69. The Morgan fingerprint density at radius 1 is 1.32 bits per heavy atom. The summed E-state index contributed by atoms with van der Waals surface area (Å²) in [6, 6.07) is 0.0795. The number of aromatic nitrogens is 4. The van der Waals surface area contributed by atoms with Crippen LogP contribution in [0.3, 0.4) is 0 Å². The van der Waals surface area contributed by atoms with E-state index in [0.717, 1.165) is 38.5 Å². The molecule has 4 N–H and O–H groups in total. The monoisotopic (exact) mass is 565 g/mol. The molecule has 0 amide bonds. The Labute approximate surface area is 240 Å². The number of aromatic amines is 1. The minimum atomic E-state index is -1.88. The second-order valence-corrected chi connectivity index (χ2v) is 11.9. The molecule has 2 aromatic heterocycles. The van der Waals surface area contributed by atoms with Crippen LogP contribution in [0.25, 0.3) is 12.4 Å². The summed E-state index contributed by atoms with van der Waals surface area (Å²) in [4.78, 5) is 23.5. The summed E-state index contributed by atoms with van der Waals surface area (Å²) in [6.45, 7) is 16.2. The van der Waals surface area contributed by atoms with Crippen molar-refractivity contribution in [3.8, 4) is 0 Å². The van der Waals surface area contributed by atoms with Gasteiger partial charge < -0.3 is 15.6 Å². The molecule has 2 atom stereocenters. The molecule has 0 spiro atoms. The molecule has 9 nitrogen and oxygen atoms in total. The van der Waals surface area contributed by atoms with Crippen molar-refractivity contribution >= 4 is 18.2 Å². The van der Waals surface area contributed by atoms with Gasteiger partial charge in [-0.05, 0) is 69.8 Å². The highest BCUT2D eigenvalue weighted by molar-refractivity contribution is 5.96. The molecule has 2 aliphatic rings. The van der Waals surface area contributed by atoms with Crippen molar-refractivity contribution in [3.63, 3.8) is 0 Å². The summed E-state index contributed by atoms with van der Waals surface area (Å²) < 4.78 is 23.4. The van der Waals surface area contributed by atoms with Gasteiger partial charge in [0.05, 0.1) is 5.35 Å². The number of hydrogen-bond acceptors (Lipinski definition) is 6. The lowest BCUT2D eigenvalue weighted by Crippen LogP contribution is -2.43. The number of aliphatic imine (C=N–C) groups is 1. The fourth-order valence-electron chi connectivity index (χ4n) is 5.63. The molecule has 41 heavy (non-hydrogen) atoms. The molecule has 0 aromatic carbocycles. The molecule has 2 fully saturated rings. The third-order valence-corrected chi connectivity index (χ3v) is 8.73. The Morgan fingerprint density at radius 2 is 2.02 bits per heavy atom. The lowest BCUT2D eigenvalue weighted by molar-refractivity contribution is 0.206. The van der Waals surface area contributed by atoms with Crippen LogP contribution in [0.15, 0.2) is 50.8 Å². The first-order valence-electron chi connectivity index (χ1n) is 14.6. The average Bonchev–Trinajstić information content (AvgIpc) is 3.47. The summed E-state index contributed by atoms with van der Waals surface area (Å²) in [7, 11) is 0. The van der Waals surface area contributed by atoms with Gasteiger partial charge in [-0.3, -0.25) is 9.51 Å². The number of H-pyrrole nitrogens is 1. The number of rotatable bonds is 11. The highest BCUT2D eigenvalue weighted by Crippen LogP contribution is 2.34. The zero-order valence-corrected chi connectivity index (χ0v) is 24.8. The predicted octanol–water partition coefficient (Wildman–Crippen LogP) is 3.92. The quantitative estimate of drug-likeness (QED) is 0.215. The van der Waals surface area contributed by atoms with Crippen LogP contribution in [0.1, 0.15) is 84.3 Å². The topological polar surface area (TPSA) is 127 Å². The van der Waals surface area contributed by atoms with Crippen LogP contribution in [0.2, 0.25) is 0 Å². The summed E-state index contributed by atoms with van der Waals surface area (Å²) in [5.41, 5.74) is 4.93. The number of hydrogen-bond donors (Lipinski definition) is 3. The number of alkyl halides is 1. The van der Waals surface area contributed by atoms with Crippen molar-refractivity contribution in [2.45, 2.75) is 90.9 Å². The van der Waals surface area contributed by atoms with Crippen molar-refractivity contribution < 1.29 is 8.91 Å². The molecule has 2 aromatic rings. The smallest absolute Gasteiger partial charge is 0.380 e. The Morgan fingerprint density at radius 3 is 2.61 bits per heavy atom. The maximum Gasteiger partial charge on any atom is 0.439 e. The van der Waals surface area contributed by atoms with Crippen LogP contribution in [-0.2, 0) is 12.2 Å². The van der Waals surface area contributed by atoms with Gasteiger partial charge >= 0.3 is 5.76 Å². The molecular formula is C31H44FN7O2. The SMILES string of the molecule is C=C/C=C\C=C(/C)C(C)(F)c1nc(=C)/c(=C(\N=C(N)c2noc(=O)[nH]2)N[C@H](C)C2CCC2)n1CC1CCC(C)CC1. The maximum absolute atomic E-state index is 16.8. The molecule has 2 aliphatic carbocycles. The van der Waals surface area contributed by atoms with E-state index in [1.165, 1.54) is 13.3 Å². The number of nitrogens with one attached hydrogen (secondary N) is 2. The summed E-state index contributed by atoms with van der Waals surface area (Å²) in [6.07, 6.45) is 14.7. The standard InChI is InChI=1S/C31H44FN7O2/c1-7-8-9-11-20(3)31(6,32)29-35-22(5)25(39(29)18-23-16-14-19(2)15-17-23)27(34-21(4)24-12-10-13-24)36-26(33)28-37-30(40)41-38-28/h7-9,11,19,21,23-24,34H,1,5,10,12-18H2,2-4,6H3,(H2,33,36)(H,37,38,40)/b9-8-,20-11+,27-25+/t19?,21-,23?,31?/m1/s1. The fourth-order valence-corrected chi connectivity index (χ4v) is 5.63. The first-order chi connectivity index (χ1) is 19.5. The Bertz CT molecular complexity index is 1480. The maximum atomic E-state index is 16.8. The largest absolute Gasteiger partial charge is 0.439 e. The van der Waals surface area contributed by atoms with Gasteiger partial charge in [-0.15, -0.1) is 0 Å². The van der Waals surface area contributed by atoms with Crippen LogP contribution in [-0.4, -0.2) is 31.6 Å². The van der Waals surface area contributed by atoms with Crippen LogP contribution >= 0.6 is 0 Å². The molecule has 0 saturated heterocycles. The van der Waals surface area contributed by atoms with Gasteiger partial charge in [0.25, 0.3) is 0 Å². The summed E-state index contributed by atoms with van der Waals surface area (Å²) in [5.74, 6) is 1.47. The van der Waals surface area contributed by atoms with Crippen molar-refractivity contribution in [1.29, 1.82) is 0 Å². The molecule has 10 heteroatoms. The van der Waals surface area contributed by atoms with Gasteiger partial charge in [-0.2, -0.15) is 0 Å². The van der Waals surface area contributed by atoms with Crippen molar-refractivity contribution in [2.75, 3.05) is 0 Å². The lowest BCUT2D eigenvalue weighted by atomic mass is 9.80. The van der Waals surface area contributed by atoms with Crippen LogP contribution in [0.4, 0.5) is 4.39 Å². The number of amidine groups is 1. The predicted molar refractivity (Wildman–Crippen MR) is 161 cm³/mol. The van der Waals surface area contributed by atoms with Crippen molar-refractivity contribution in [2.24, 2.45) is 28.5 Å². The average molecular weight is 566 g/mol. The minimum Gasteiger partial charge on any atom is -0.380 e. The van der Waals surface area contributed by atoms with E-state index in [-0.39, 0.29) is 23.5 Å². The molecule has 0 bridgehead atoms. The number of allylic oxidation sites excluding steroid dienone is 5. The third-order valence-electron chi connectivity index (χ3n) is 8.73. The molecule has 222 valence electrons. The number of nitrogens with zero attached hydrogens (tertiary/aromatic N) is 4. The van der Waals surface area contributed by atoms with Crippen LogP contribution in [0, 0.1) is 17.8 Å². The van der Waals surface area contributed by atoms with E-state index in [0.29, 0.717) is 46.4 Å². The molecule has 0 aliphatic heterocycles. The number of imidazole rings is 1. The second kappa shape index (κ2) is 12.9. The number of halogens is 1. The van der Waals surface area contributed by atoms with Crippen LogP contribution in [0.5, 0.6) is 0 Å². The molecule has 0 radical (unpaired) electrons. The van der Waals surface area contributed by atoms with Crippen LogP contribution < -0.4 is 27.5 Å². The zero-order valence-electron chi connectivity index (χ0n) is 24.8. The van der Waals surface area contributed by atoms with E-state index in [1.807, 2.05) is 4.57 Å². The fraction of sp³-hybridized carbons (Fsp3) is 0.548. The van der Waals surface area contributed by atoms with E-state index >= 15 is 4.39 Å². The van der Waals surface area contributed by atoms with Gasteiger partial charge in [0.2, 0.25) is 5.82 Å². The van der Waals surface area contributed by atoms with Gasteiger partial charge in [0, 0.05) is 12.6 Å². The zero-order chi connectivity index (χ0) is 29.7. The van der Waals surface area contributed by atoms with E-state index in [4.69, 9.17) is 10.7 Å². The number of nitrogens with two attached hydrogens (primary N) is 1.